The molecule has 1 aliphatic rings. The quantitative estimate of drug-likeness (QED) is 0.587. The van der Waals surface area contributed by atoms with Crippen LogP contribution in [0.2, 0.25) is 10.0 Å². The second kappa shape index (κ2) is 7.43. The number of hydrogen-bond acceptors (Lipinski definition) is 3. The minimum atomic E-state index is -0.437. The maximum Gasteiger partial charge on any atom is 0.278 e. The van der Waals surface area contributed by atoms with Crippen molar-refractivity contribution in [3.8, 4) is 0 Å². The molecule has 4 nitrogen and oxygen atoms in total. The number of nitrogens with one attached hydrogen (secondary N) is 1. The molecule has 3 aromatic carbocycles. The van der Waals surface area contributed by atoms with Gasteiger partial charge in [-0.25, -0.2) is 5.01 Å². The van der Waals surface area contributed by atoms with Gasteiger partial charge in [0.15, 0.2) is 6.17 Å². The lowest BCUT2D eigenvalue weighted by Gasteiger charge is -2.34. The van der Waals surface area contributed by atoms with Crippen LogP contribution in [-0.2, 0) is 0 Å². The summed E-state index contributed by atoms with van der Waals surface area (Å²) in [5.74, 6) is -0.172. The molecule has 4 rings (SSSR count). The van der Waals surface area contributed by atoms with Gasteiger partial charge in [-0.3, -0.25) is 4.79 Å². The van der Waals surface area contributed by atoms with Crippen molar-refractivity contribution in [2.75, 3.05) is 5.32 Å². The zero-order chi connectivity index (χ0) is 18.8. The van der Waals surface area contributed by atoms with E-state index in [1.165, 1.54) is 5.01 Å². The highest BCUT2D eigenvalue weighted by atomic mass is 35.5. The van der Waals surface area contributed by atoms with Crippen LogP contribution in [0.3, 0.4) is 0 Å². The van der Waals surface area contributed by atoms with Crippen LogP contribution in [0, 0.1) is 0 Å². The molecule has 0 fully saturated rings. The Balaban J connectivity index is 1.73. The number of halogens is 2. The first-order valence-electron chi connectivity index (χ1n) is 8.36. The van der Waals surface area contributed by atoms with Gasteiger partial charge in [0.1, 0.15) is 0 Å². The fraction of sp³-hybridized carbons (Fsp3) is 0.0476. The van der Waals surface area contributed by atoms with Crippen LogP contribution in [0.25, 0.3) is 0 Å². The summed E-state index contributed by atoms with van der Waals surface area (Å²) in [5.41, 5.74) is 3.09. The van der Waals surface area contributed by atoms with E-state index in [4.69, 9.17) is 23.2 Å². The lowest BCUT2D eigenvalue weighted by Crippen LogP contribution is -2.39. The molecule has 6 heteroatoms. The van der Waals surface area contributed by atoms with Crippen LogP contribution in [0.15, 0.2) is 77.9 Å². The van der Waals surface area contributed by atoms with E-state index in [9.17, 15) is 4.79 Å². The molecule has 0 saturated carbocycles. The molecular formula is C21H15Cl2N3O. The van der Waals surface area contributed by atoms with Crippen LogP contribution >= 0.6 is 23.2 Å². The Morgan fingerprint density at radius 1 is 0.889 bits per heavy atom. The Morgan fingerprint density at radius 2 is 1.52 bits per heavy atom. The number of hydrogen-bond donors (Lipinski definition) is 1. The van der Waals surface area contributed by atoms with Gasteiger partial charge in [-0.15, -0.1) is 0 Å². The summed E-state index contributed by atoms with van der Waals surface area (Å²) in [6, 6.07) is 22.0. The van der Waals surface area contributed by atoms with Gasteiger partial charge in [0.2, 0.25) is 0 Å². The summed E-state index contributed by atoms with van der Waals surface area (Å²) >= 11 is 11.9. The van der Waals surface area contributed by atoms with Crippen molar-refractivity contribution in [2.45, 2.75) is 6.17 Å². The van der Waals surface area contributed by atoms with Crippen molar-refractivity contribution in [1.82, 2.24) is 5.01 Å². The molecular weight excluding hydrogens is 381 g/mol. The van der Waals surface area contributed by atoms with E-state index >= 15 is 0 Å². The van der Waals surface area contributed by atoms with Crippen LogP contribution in [-0.4, -0.2) is 17.1 Å². The number of para-hydroxylation sites is 1. The molecule has 0 bridgehead atoms. The Labute approximate surface area is 167 Å². The van der Waals surface area contributed by atoms with Crippen molar-refractivity contribution >= 4 is 41.0 Å². The zero-order valence-corrected chi connectivity index (χ0v) is 15.7. The zero-order valence-electron chi connectivity index (χ0n) is 14.1. The third-order valence-corrected chi connectivity index (χ3v) is 4.79. The van der Waals surface area contributed by atoms with Crippen LogP contribution in [0.1, 0.15) is 27.7 Å². The van der Waals surface area contributed by atoms with Gasteiger partial charge < -0.3 is 5.32 Å². The highest BCUT2D eigenvalue weighted by molar-refractivity contribution is 6.30. The van der Waals surface area contributed by atoms with Gasteiger partial charge in [0.05, 0.1) is 11.8 Å². The van der Waals surface area contributed by atoms with E-state index in [2.05, 4.69) is 10.4 Å². The number of benzene rings is 3. The monoisotopic (exact) mass is 395 g/mol. The van der Waals surface area contributed by atoms with Gasteiger partial charge >= 0.3 is 0 Å². The number of carbonyl (C=O) groups excluding carboxylic acids is 1. The number of nitrogens with zero attached hydrogens (tertiary/aromatic N) is 2. The lowest BCUT2D eigenvalue weighted by molar-refractivity contribution is 0.0691. The van der Waals surface area contributed by atoms with Gasteiger partial charge in [-0.05, 0) is 47.5 Å². The number of rotatable bonds is 3. The summed E-state index contributed by atoms with van der Waals surface area (Å²) in [6.45, 7) is 0. The van der Waals surface area contributed by atoms with Crippen molar-refractivity contribution in [3.63, 3.8) is 0 Å². The Kier molecular flexibility index (Phi) is 4.84. The van der Waals surface area contributed by atoms with Crippen LogP contribution in [0.5, 0.6) is 0 Å². The minimum Gasteiger partial charge on any atom is -0.359 e. The molecule has 1 unspecified atom stereocenters. The van der Waals surface area contributed by atoms with E-state index in [0.717, 1.165) is 16.8 Å². The third-order valence-electron chi connectivity index (χ3n) is 4.29. The maximum absolute atomic E-state index is 13.1. The molecule has 1 heterocycles. The number of hydrazone groups is 1. The van der Waals surface area contributed by atoms with E-state index in [1.807, 2.05) is 42.5 Å². The molecule has 0 radical (unpaired) electrons. The molecule has 1 amide bonds. The predicted molar refractivity (Wildman–Crippen MR) is 109 cm³/mol. The number of carbonyl (C=O) groups is 1. The Hall–Kier alpha value is -2.82. The van der Waals surface area contributed by atoms with Gasteiger partial charge in [-0.1, -0.05) is 59.6 Å². The third kappa shape index (κ3) is 3.68. The molecule has 1 atom stereocenters. The van der Waals surface area contributed by atoms with Crippen molar-refractivity contribution < 1.29 is 4.79 Å². The van der Waals surface area contributed by atoms with E-state index in [0.29, 0.717) is 15.6 Å². The van der Waals surface area contributed by atoms with Gasteiger partial charge in [0, 0.05) is 15.7 Å². The van der Waals surface area contributed by atoms with Gasteiger partial charge in [-0.2, -0.15) is 5.10 Å². The SMILES string of the molecule is O=C1c2ccccc2NC(c2ccc(Cl)cc2)N1/N=C/c1ccc(Cl)cc1. The lowest BCUT2D eigenvalue weighted by atomic mass is 10.1. The predicted octanol–water partition coefficient (Wildman–Crippen LogP) is 5.59. The molecule has 1 aliphatic heterocycles. The highest BCUT2D eigenvalue weighted by Crippen LogP contribution is 2.33. The largest absolute Gasteiger partial charge is 0.359 e. The first-order chi connectivity index (χ1) is 13.1. The molecule has 0 aromatic heterocycles. The Morgan fingerprint density at radius 3 is 2.22 bits per heavy atom. The average molecular weight is 396 g/mol. The van der Waals surface area contributed by atoms with Crippen LogP contribution < -0.4 is 5.32 Å². The number of amides is 1. The molecule has 3 aromatic rings. The topological polar surface area (TPSA) is 44.7 Å². The minimum absolute atomic E-state index is 0.172. The second-order valence-corrected chi connectivity index (χ2v) is 6.96. The van der Waals surface area contributed by atoms with Crippen molar-refractivity contribution in [1.29, 1.82) is 0 Å². The molecule has 0 spiro atoms. The summed E-state index contributed by atoms with van der Waals surface area (Å²) in [5, 5.41) is 10.6. The molecule has 1 N–H and O–H groups in total. The van der Waals surface area contributed by atoms with Crippen molar-refractivity contribution in [2.24, 2.45) is 5.10 Å². The molecule has 0 saturated heterocycles. The number of fused-ring (bicyclic) bond motifs is 1. The van der Waals surface area contributed by atoms with Gasteiger partial charge in [0.25, 0.3) is 5.91 Å². The smallest absolute Gasteiger partial charge is 0.278 e. The first kappa shape index (κ1) is 17.6. The Bertz CT molecular complexity index is 1000. The summed E-state index contributed by atoms with van der Waals surface area (Å²) in [4.78, 5) is 13.1. The maximum atomic E-state index is 13.1. The van der Waals surface area contributed by atoms with E-state index in [-0.39, 0.29) is 5.91 Å². The normalized spacial score (nSPS) is 16.3. The number of anilines is 1. The van der Waals surface area contributed by atoms with Crippen molar-refractivity contribution in [3.05, 3.63) is 99.5 Å². The standard InChI is InChI=1S/C21H15Cl2N3O/c22-16-9-5-14(6-10-16)13-24-26-20(15-7-11-17(23)12-8-15)25-19-4-2-1-3-18(19)21(26)27/h1-13,20,25H/b24-13+. The fourth-order valence-electron chi connectivity index (χ4n) is 2.91. The molecule has 27 heavy (non-hydrogen) atoms. The second-order valence-electron chi connectivity index (χ2n) is 6.09. The molecule has 0 aliphatic carbocycles. The molecule has 134 valence electrons. The fourth-order valence-corrected chi connectivity index (χ4v) is 3.16. The van der Waals surface area contributed by atoms with E-state index < -0.39 is 6.17 Å². The summed E-state index contributed by atoms with van der Waals surface area (Å²) < 4.78 is 0. The van der Waals surface area contributed by atoms with E-state index in [1.54, 1.807) is 36.5 Å². The van der Waals surface area contributed by atoms with Crippen LogP contribution in [0.4, 0.5) is 5.69 Å². The average Bonchev–Trinajstić information content (AvgIpc) is 2.69. The summed E-state index contributed by atoms with van der Waals surface area (Å²) in [7, 11) is 0. The highest BCUT2D eigenvalue weighted by Gasteiger charge is 2.32. The summed E-state index contributed by atoms with van der Waals surface area (Å²) in [6.07, 6.45) is 1.21. The first-order valence-corrected chi connectivity index (χ1v) is 9.11.